The number of rotatable bonds is 4. The molecule has 0 aromatic rings. The van der Waals surface area contributed by atoms with E-state index in [0.29, 0.717) is 18.4 Å². The van der Waals surface area contributed by atoms with Crippen LogP contribution >= 0.6 is 0 Å². The van der Waals surface area contributed by atoms with E-state index in [-0.39, 0.29) is 34.7 Å². The van der Waals surface area contributed by atoms with Gasteiger partial charge in [0.25, 0.3) is 0 Å². The number of ether oxygens (including phenoxy) is 2. The van der Waals surface area contributed by atoms with Crippen LogP contribution in [0.1, 0.15) is 78.6 Å². The highest BCUT2D eigenvalue weighted by molar-refractivity contribution is 5.85. The smallest absolute Gasteiger partial charge is 0.331 e. The maximum absolute atomic E-state index is 12.4. The lowest BCUT2D eigenvalue weighted by Gasteiger charge is -2.64. The molecule has 0 bridgehead atoms. The van der Waals surface area contributed by atoms with Crippen LogP contribution in [0.25, 0.3) is 0 Å². The molecule has 2 aliphatic heterocycles. The van der Waals surface area contributed by atoms with Crippen LogP contribution in [0.5, 0.6) is 0 Å². The minimum atomic E-state index is -1.29. The third-order valence-electron chi connectivity index (χ3n) is 12.6. The fourth-order valence-corrected chi connectivity index (χ4v) is 10.3. The number of carbonyl (C=O) groups is 1. The van der Waals surface area contributed by atoms with Gasteiger partial charge in [0.2, 0.25) is 0 Å². The Morgan fingerprint density at radius 3 is 2.44 bits per heavy atom. The highest BCUT2D eigenvalue weighted by atomic mass is 16.7. The van der Waals surface area contributed by atoms with Crippen molar-refractivity contribution in [3.63, 3.8) is 0 Å². The van der Waals surface area contributed by atoms with E-state index < -0.39 is 36.2 Å². The van der Waals surface area contributed by atoms with Crippen molar-refractivity contribution in [3.05, 3.63) is 11.6 Å². The predicted octanol–water partition coefficient (Wildman–Crippen LogP) is 2.30. The Morgan fingerprint density at radius 1 is 0.974 bits per heavy atom. The van der Waals surface area contributed by atoms with Gasteiger partial charge in [0.15, 0.2) is 6.23 Å². The van der Waals surface area contributed by atoms with Gasteiger partial charge in [-0.2, -0.15) is 5.06 Å². The molecule has 39 heavy (non-hydrogen) atoms. The first-order valence-electron chi connectivity index (χ1n) is 15.1. The number of hydrogen-bond acceptors (Lipinski definition) is 9. The quantitative estimate of drug-likeness (QED) is 0.308. The summed E-state index contributed by atoms with van der Waals surface area (Å²) in [6.45, 7) is 6.76. The minimum absolute atomic E-state index is 0.0264. The number of carbonyl (C=O) groups excluding carboxylic acids is 1. The molecule has 6 rings (SSSR count). The van der Waals surface area contributed by atoms with E-state index in [0.717, 1.165) is 63.4 Å². The summed E-state index contributed by atoms with van der Waals surface area (Å²) < 4.78 is 11.2. The molecular formula is C30H47NO8. The summed E-state index contributed by atoms with van der Waals surface area (Å²) in [6, 6.07) is 0.0264. The summed E-state index contributed by atoms with van der Waals surface area (Å²) in [6.07, 6.45) is 5.02. The van der Waals surface area contributed by atoms with Gasteiger partial charge in [0.05, 0.1) is 18.8 Å². The monoisotopic (exact) mass is 549 g/mol. The standard InChI is InChI=1S/C30H47NO8/c1-16-24(33)25(34)26(35)27(39-16)31(37-4)19-7-10-28(2)18(14-19)5-6-22-21(28)8-11-29(3)20(9-12-30(22,29)36)17-13-23(32)38-15-17/h13,16,18-22,24-27,33-36H,5-12,14-15H2,1-4H3/t16-,18?,19+,20+,21?,22?,24+,25+,26-,27?,28-,29+,30-/m0/s1. The first kappa shape index (κ1) is 28.1. The molecule has 4 aliphatic carbocycles. The van der Waals surface area contributed by atoms with Crippen LogP contribution in [0.2, 0.25) is 0 Å². The number of cyclic esters (lactones) is 1. The number of hydroxylamine groups is 2. The first-order chi connectivity index (χ1) is 18.4. The van der Waals surface area contributed by atoms with E-state index >= 15 is 0 Å². The van der Waals surface area contributed by atoms with Gasteiger partial charge in [-0.25, -0.2) is 4.79 Å². The highest BCUT2D eigenvalue weighted by Gasteiger charge is 2.68. The summed E-state index contributed by atoms with van der Waals surface area (Å²) in [5.74, 6) is 1.09. The van der Waals surface area contributed by atoms with Crippen LogP contribution in [0.4, 0.5) is 0 Å². The average molecular weight is 550 g/mol. The molecule has 0 aromatic carbocycles. The molecule has 220 valence electrons. The average Bonchev–Trinajstić information content (AvgIpc) is 3.45. The number of hydrogen-bond donors (Lipinski definition) is 4. The second kappa shape index (κ2) is 9.75. The minimum Gasteiger partial charge on any atom is -0.458 e. The maximum atomic E-state index is 12.4. The van der Waals surface area contributed by atoms with Crippen LogP contribution in [-0.2, 0) is 19.1 Å². The normalized spacial score (nSPS) is 53.6. The van der Waals surface area contributed by atoms with E-state index in [9.17, 15) is 25.2 Å². The molecule has 9 heteroatoms. The molecule has 0 aromatic heterocycles. The molecule has 4 N–H and O–H groups in total. The van der Waals surface area contributed by atoms with Crippen LogP contribution in [0, 0.1) is 34.5 Å². The van der Waals surface area contributed by atoms with Gasteiger partial charge in [-0.3, -0.25) is 4.84 Å². The van der Waals surface area contributed by atoms with Crippen LogP contribution in [-0.4, -0.2) is 87.5 Å². The van der Waals surface area contributed by atoms with Crippen molar-refractivity contribution in [3.8, 4) is 0 Å². The molecular weight excluding hydrogens is 502 g/mol. The number of aliphatic hydroxyl groups excluding tert-OH is 3. The lowest BCUT2D eigenvalue weighted by atomic mass is 9.43. The second-order valence-corrected chi connectivity index (χ2v) is 14.0. The lowest BCUT2D eigenvalue weighted by Crippen LogP contribution is -2.65. The number of aliphatic hydroxyl groups is 4. The Hall–Kier alpha value is -1.07. The Bertz CT molecular complexity index is 1010. The molecule has 1 saturated heterocycles. The van der Waals surface area contributed by atoms with E-state index in [1.807, 2.05) is 0 Å². The van der Waals surface area contributed by atoms with E-state index in [2.05, 4.69) is 13.8 Å². The van der Waals surface area contributed by atoms with Crippen molar-refractivity contribution in [1.82, 2.24) is 5.06 Å². The number of nitrogens with zero attached hydrogens (tertiary/aromatic N) is 1. The van der Waals surface area contributed by atoms with Crippen molar-refractivity contribution in [2.45, 2.75) is 121 Å². The summed E-state index contributed by atoms with van der Waals surface area (Å²) in [7, 11) is 1.58. The van der Waals surface area contributed by atoms with Gasteiger partial charge in [0, 0.05) is 17.5 Å². The summed E-state index contributed by atoms with van der Waals surface area (Å²) in [4.78, 5) is 17.6. The second-order valence-electron chi connectivity index (χ2n) is 14.0. The van der Waals surface area contributed by atoms with Gasteiger partial charge in [-0.1, -0.05) is 13.8 Å². The van der Waals surface area contributed by atoms with E-state index in [4.69, 9.17) is 14.3 Å². The topological polar surface area (TPSA) is 129 Å². The Balaban J connectivity index is 1.19. The zero-order valence-electron chi connectivity index (χ0n) is 23.8. The summed E-state index contributed by atoms with van der Waals surface area (Å²) in [5, 5.41) is 45.4. The number of fused-ring (bicyclic) bond motifs is 5. The molecule has 0 spiro atoms. The molecule has 6 aliphatic rings. The molecule has 9 nitrogen and oxygen atoms in total. The van der Waals surface area contributed by atoms with Gasteiger partial charge >= 0.3 is 5.97 Å². The Morgan fingerprint density at radius 2 is 1.74 bits per heavy atom. The first-order valence-corrected chi connectivity index (χ1v) is 15.1. The van der Waals surface area contributed by atoms with Crippen molar-refractivity contribution in [2.24, 2.45) is 34.5 Å². The van der Waals surface area contributed by atoms with E-state index in [1.165, 1.54) is 0 Å². The molecule has 0 amide bonds. The van der Waals surface area contributed by atoms with Crippen molar-refractivity contribution in [1.29, 1.82) is 0 Å². The molecule has 4 unspecified atom stereocenters. The van der Waals surface area contributed by atoms with Crippen LogP contribution < -0.4 is 0 Å². The summed E-state index contributed by atoms with van der Waals surface area (Å²) >= 11 is 0. The molecule has 13 atom stereocenters. The Labute approximate surface area is 231 Å². The van der Waals surface area contributed by atoms with Gasteiger partial charge in [-0.15, -0.1) is 0 Å². The molecule has 4 saturated carbocycles. The fraction of sp³-hybridized carbons (Fsp3) is 0.900. The van der Waals surface area contributed by atoms with Gasteiger partial charge in [0.1, 0.15) is 24.9 Å². The Kier molecular flexibility index (Phi) is 7.02. The molecule has 0 radical (unpaired) electrons. The predicted molar refractivity (Wildman–Crippen MR) is 141 cm³/mol. The molecule has 2 heterocycles. The fourth-order valence-electron chi connectivity index (χ4n) is 10.3. The van der Waals surface area contributed by atoms with Gasteiger partial charge in [-0.05, 0) is 99.4 Å². The largest absolute Gasteiger partial charge is 0.458 e. The van der Waals surface area contributed by atoms with Crippen molar-refractivity contribution >= 4 is 5.97 Å². The highest BCUT2D eigenvalue weighted by Crippen LogP contribution is 2.70. The summed E-state index contributed by atoms with van der Waals surface area (Å²) in [5.41, 5.74) is 0.201. The van der Waals surface area contributed by atoms with Crippen molar-refractivity contribution in [2.75, 3.05) is 13.7 Å². The van der Waals surface area contributed by atoms with Gasteiger partial charge < -0.3 is 29.9 Å². The zero-order chi connectivity index (χ0) is 27.9. The van der Waals surface area contributed by atoms with Crippen LogP contribution in [0.15, 0.2) is 11.6 Å². The zero-order valence-corrected chi connectivity index (χ0v) is 23.8. The van der Waals surface area contributed by atoms with E-state index in [1.54, 1.807) is 25.2 Å². The lowest BCUT2D eigenvalue weighted by molar-refractivity contribution is -0.340. The van der Waals surface area contributed by atoms with Crippen LogP contribution in [0.3, 0.4) is 0 Å². The third kappa shape index (κ3) is 4.02. The van der Waals surface area contributed by atoms with Crippen molar-refractivity contribution < 1.29 is 39.5 Å². The molecule has 5 fully saturated rings. The number of esters is 1. The maximum Gasteiger partial charge on any atom is 0.331 e. The third-order valence-corrected chi connectivity index (χ3v) is 12.6. The SMILES string of the molecule is CON(C1O[C@@H](C)[C@@H](O)[C@@H](O)[C@@H]1O)[C@@H]1CC[C@@]2(C)C(CCC3C2CC[C@]2(C)[C@@H](C4=CC(=O)OC4)CC[C@]32O)C1.